The maximum Gasteiger partial charge on any atom is 0.256 e. The van der Waals surface area contributed by atoms with Crippen molar-refractivity contribution in [1.82, 2.24) is 9.88 Å². The van der Waals surface area contributed by atoms with Crippen LogP contribution in [0.15, 0.2) is 42.5 Å². The monoisotopic (exact) mass is 408 g/mol. The molecule has 1 aromatic heterocycles. The summed E-state index contributed by atoms with van der Waals surface area (Å²) in [5.41, 5.74) is 5.10. The van der Waals surface area contributed by atoms with Crippen molar-refractivity contribution in [2.75, 3.05) is 43.4 Å². The molecule has 1 N–H and O–H groups in total. The van der Waals surface area contributed by atoms with E-state index in [4.69, 9.17) is 11.6 Å². The lowest BCUT2D eigenvalue weighted by Crippen LogP contribution is -2.44. The zero-order chi connectivity index (χ0) is 20.5. The van der Waals surface area contributed by atoms with E-state index in [1.807, 2.05) is 56.3 Å². The molecule has 0 bridgehead atoms. The van der Waals surface area contributed by atoms with Crippen molar-refractivity contribution in [3.8, 4) is 0 Å². The summed E-state index contributed by atoms with van der Waals surface area (Å²) in [7, 11) is 2.13. The minimum atomic E-state index is -0.149. The summed E-state index contributed by atoms with van der Waals surface area (Å²) in [6.45, 7) is 7.73. The summed E-state index contributed by atoms with van der Waals surface area (Å²) in [6.07, 6.45) is 0. The molecule has 0 saturated carbocycles. The number of likely N-dealkylation sites (N-methyl/N-ethyl adjacent to an activating group) is 1. The molecule has 4 rings (SSSR count). The predicted octanol–water partition coefficient (Wildman–Crippen LogP) is 4.51. The van der Waals surface area contributed by atoms with Crippen molar-refractivity contribution in [3.05, 3.63) is 64.3 Å². The van der Waals surface area contributed by atoms with Crippen LogP contribution in [-0.4, -0.2) is 49.0 Å². The minimum absolute atomic E-state index is 0.149. The van der Waals surface area contributed by atoms with Crippen molar-refractivity contribution in [2.24, 2.45) is 0 Å². The molecule has 3 aromatic rings. The molecule has 0 atom stereocenters. The van der Waals surface area contributed by atoms with Gasteiger partial charge in [0.25, 0.3) is 5.91 Å². The highest BCUT2D eigenvalue weighted by molar-refractivity contribution is 6.31. The lowest BCUT2D eigenvalue weighted by atomic mass is 10.0. The quantitative estimate of drug-likeness (QED) is 0.692. The number of hydrogen-bond donors (Lipinski definition) is 1. The van der Waals surface area contributed by atoms with Crippen LogP contribution in [0.4, 0.5) is 11.4 Å². The van der Waals surface area contributed by atoms with Gasteiger partial charge in [-0.05, 0) is 57.3 Å². The molecular formula is C23H25ClN4O. The first-order valence-corrected chi connectivity index (χ1v) is 10.2. The fourth-order valence-corrected chi connectivity index (χ4v) is 3.95. The molecule has 29 heavy (non-hydrogen) atoms. The van der Waals surface area contributed by atoms with Crippen LogP contribution in [0.3, 0.4) is 0 Å². The lowest BCUT2D eigenvalue weighted by molar-refractivity contribution is 0.102. The molecule has 0 spiro atoms. The summed E-state index contributed by atoms with van der Waals surface area (Å²) in [4.78, 5) is 22.4. The number of benzene rings is 2. The van der Waals surface area contributed by atoms with Gasteiger partial charge >= 0.3 is 0 Å². The van der Waals surface area contributed by atoms with E-state index >= 15 is 0 Å². The van der Waals surface area contributed by atoms with E-state index in [-0.39, 0.29) is 5.91 Å². The SMILES string of the molecule is Cc1ccc2nc(C)cc(C(=O)Nc3cc(Cl)ccc3N3CCN(C)CC3)c2c1. The second-order valence-corrected chi connectivity index (χ2v) is 8.17. The zero-order valence-electron chi connectivity index (χ0n) is 17.0. The first-order chi connectivity index (χ1) is 13.9. The van der Waals surface area contributed by atoms with Gasteiger partial charge in [-0.25, -0.2) is 0 Å². The summed E-state index contributed by atoms with van der Waals surface area (Å²) in [5, 5.41) is 4.57. The van der Waals surface area contributed by atoms with Gasteiger partial charge in [0, 0.05) is 42.3 Å². The standard InChI is InChI=1S/C23H25ClN4O/c1-15-4-6-20-18(12-15)19(13-16(2)25-20)23(29)26-21-14-17(24)5-7-22(21)28-10-8-27(3)9-11-28/h4-7,12-14H,8-11H2,1-3H3,(H,26,29). The third-order valence-electron chi connectivity index (χ3n) is 5.39. The van der Waals surface area contributed by atoms with Crippen LogP contribution in [0.1, 0.15) is 21.6 Å². The van der Waals surface area contributed by atoms with Gasteiger partial charge in [0.15, 0.2) is 0 Å². The number of nitrogens with one attached hydrogen (secondary N) is 1. The second-order valence-electron chi connectivity index (χ2n) is 7.74. The van der Waals surface area contributed by atoms with Crippen LogP contribution in [-0.2, 0) is 0 Å². The van der Waals surface area contributed by atoms with Crippen LogP contribution >= 0.6 is 11.6 Å². The maximum absolute atomic E-state index is 13.3. The normalized spacial score (nSPS) is 15.0. The molecule has 0 unspecified atom stereocenters. The summed E-state index contributed by atoms with van der Waals surface area (Å²) < 4.78 is 0. The van der Waals surface area contributed by atoms with Gasteiger partial charge in [-0.15, -0.1) is 0 Å². The Labute approximate surface area is 176 Å². The van der Waals surface area contributed by atoms with Crippen LogP contribution in [0.25, 0.3) is 10.9 Å². The van der Waals surface area contributed by atoms with E-state index in [0.717, 1.165) is 59.7 Å². The number of aromatic nitrogens is 1. The fraction of sp³-hybridized carbons (Fsp3) is 0.304. The molecule has 0 radical (unpaired) electrons. The molecule has 1 fully saturated rings. The van der Waals surface area contributed by atoms with Gasteiger partial charge in [0.2, 0.25) is 0 Å². The highest BCUT2D eigenvalue weighted by Gasteiger charge is 2.20. The summed E-state index contributed by atoms with van der Waals surface area (Å²) in [5.74, 6) is -0.149. The number of nitrogens with zero attached hydrogens (tertiary/aromatic N) is 3. The Bertz CT molecular complexity index is 1070. The van der Waals surface area contributed by atoms with Crippen molar-refractivity contribution in [1.29, 1.82) is 0 Å². The van der Waals surface area contributed by atoms with Gasteiger partial charge in [-0.2, -0.15) is 0 Å². The Kier molecular flexibility index (Phi) is 5.43. The van der Waals surface area contributed by atoms with Crippen LogP contribution in [0.5, 0.6) is 0 Å². The minimum Gasteiger partial charge on any atom is -0.367 e. The van der Waals surface area contributed by atoms with Crippen molar-refractivity contribution < 1.29 is 4.79 Å². The number of anilines is 2. The molecule has 2 aromatic carbocycles. The topological polar surface area (TPSA) is 48.5 Å². The first kappa shape index (κ1) is 19.7. The summed E-state index contributed by atoms with van der Waals surface area (Å²) >= 11 is 6.26. The van der Waals surface area contributed by atoms with Crippen LogP contribution in [0.2, 0.25) is 5.02 Å². The van der Waals surface area contributed by atoms with E-state index in [1.165, 1.54) is 0 Å². The van der Waals surface area contributed by atoms with E-state index in [2.05, 4.69) is 27.1 Å². The number of pyridine rings is 1. The van der Waals surface area contributed by atoms with Crippen LogP contribution < -0.4 is 10.2 Å². The van der Waals surface area contributed by atoms with Gasteiger partial charge < -0.3 is 15.1 Å². The second kappa shape index (κ2) is 8.01. The zero-order valence-corrected chi connectivity index (χ0v) is 17.8. The highest BCUT2D eigenvalue weighted by atomic mass is 35.5. The van der Waals surface area contributed by atoms with Crippen molar-refractivity contribution in [2.45, 2.75) is 13.8 Å². The van der Waals surface area contributed by atoms with Crippen LogP contribution in [0, 0.1) is 13.8 Å². The number of rotatable bonds is 3. The average molecular weight is 409 g/mol. The Morgan fingerprint density at radius 1 is 1.03 bits per heavy atom. The number of piperazine rings is 1. The van der Waals surface area contributed by atoms with E-state index in [9.17, 15) is 4.79 Å². The van der Waals surface area contributed by atoms with E-state index in [0.29, 0.717) is 10.6 Å². The molecule has 5 nitrogen and oxygen atoms in total. The number of carbonyl (C=O) groups is 1. The number of fused-ring (bicyclic) bond motifs is 1. The molecule has 1 aliphatic heterocycles. The third-order valence-corrected chi connectivity index (χ3v) is 5.62. The average Bonchev–Trinajstić information content (AvgIpc) is 2.69. The maximum atomic E-state index is 13.3. The number of hydrogen-bond acceptors (Lipinski definition) is 4. The Hall–Kier alpha value is -2.63. The molecule has 1 aliphatic rings. The van der Waals surface area contributed by atoms with Crippen molar-refractivity contribution in [3.63, 3.8) is 0 Å². The molecule has 0 aliphatic carbocycles. The number of halogens is 1. The first-order valence-electron chi connectivity index (χ1n) is 9.83. The molecule has 1 saturated heterocycles. The number of aryl methyl sites for hydroxylation is 2. The largest absolute Gasteiger partial charge is 0.367 e. The molecular weight excluding hydrogens is 384 g/mol. The molecule has 6 heteroatoms. The summed E-state index contributed by atoms with van der Waals surface area (Å²) in [6, 6.07) is 13.5. The Morgan fingerprint density at radius 2 is 1.79 bits per heavy atom. The van der Waals surface area contributed by atoms with Gasteiger partial charge in [-0.3, -0.25) is 9.78 Å². The van der Waals surface area contributed by atoms with Gasteiger partial charge in [0.05, 0.1) is 22.5 Å². The molecule has 1 amide bonds. The Balaban J connectivity index is 1.70. The number of amides is 1. The number of carbonyl (C=O) groups excluding carboxylic acids is 1. The Morgan fingerprint density at radius 3 is 2.55 bits per heavy atom. The van der Waals surface area contributed by atoms with E-state index in [1.54, 1.807) is 0 Å². The third kappa shape index (κ3) is 4.21. The fourth-order valence-electron chi connectivity index (χ4n) is 3.78. The lowest BCUT2D eigenvalue weighted by Gasteiger charge is -2.35. The van der Waals surface area contributed by atoms with E-state index < -0.39 is 0 Å². The van der Waals surface area contributed by atoms with Gasteiger partial charge in [0.1, 0.15) is 0 Å². The van der Waals surface area contributed by atoms with Crippen molar-refractivity contribution >= 4 is 39.8 Å². The molecule has 2 heterocycles. The molecule has 150 valence electrons. The highest BCUT2D eigenvalue weighted by Crippen LogP contribution is 2.31. The smallest absolute Gasteiger partial charge is 0.256 e. The predicted molar refractivity (Wildman–Crippen MR) is 120 cm³/mol. The van der Waals surface area contributed by atoms with Gasteiger partial charge in [-0.1, -0.05) is 23.2 Å².